The Balaban J connectivity index is 1.22. The van der Waals surface area contributed by atoms with Crippen molar-refractivity contribution in [2.75, 3.05) is 35.8 Å². The normalized spacial score (nSPS) is 18.7. The van der Waals surface area contributed by atoms with E-state index in [-0.39, 0.29) is 23.4 Å². The SMILES string of the molecule is CN1Cc2c(cnn2C2CCOCC2)-c2cccc(Nc3cc(NC(=O)C4CC4)nc4ccn(C5CC5)c(=O)c34)c21. The molecular weight excluding hydrogens is 518 g/mol. The summed E-state index contributed by atoms with van der Waals surface area (Å²) in [5, 5.41) is 12.0. The maximum Gasteiger partial charge on any atom is 0.262 e. The van der Waals surface area contributed by atoms with E-state index in [1.54, 1.807) is 6.07 Å². The fraction of sp³-hybridized carbons (Fsp3) is 0.419. The number of rotatable bonds is 6. The number of nitrogens with one attached hydrogen (secondary N) is 2. The van der Waals surface area contributed by atoms with Gasteiger partial charge in [-0.1, -0.05) is 12.1 Å². The van der Waals surface area contributed by atoms with Crippen molar-refractivity contribution in [3.63, 3.8) is 0 Å². The molecule has 3 aromatic heterocycles. The topological polar surface area (TPSA) is 106 Å². The number of aromatic nitrogens is 4. The third-order valence-corrected chi connectivity index (χ3v) is 8.83. The molecule has 4 aromatic rings. The molecule has 5 heterocycles. The molecule has 2 aliphatic heterocycles. The largest absolute Gasteiger partial charge is 0.381 e. The molecule has 2 N–H and O–H groups in total. The molecule has 0 unspecified atom stereocenters. The number of hydrogen-bond donors (Lipinski definition) is 2. The molecule has 0 bridgehead atoms. The Morgan fingerprint density at radius 3 is 2.61 bits per heavy atom. The highest BCUT2D eigenvalue weighted by Gasteiger charge is 2.32. The molecule has 1 amide bonds. The molecule has 2 saturated carbocycles. The number of hydrogen-bond acceptors (Lipinski definition) is 7. The second kappa shape index (κ2) is 9.44. The van der Waals surface area contributed by atoms with Gasteiger partial charge in [0.1, 0.15) is 5.82 Å². The lowest BCUT2D eigenvalue weighted by Gasteiger charge is -2.32. The summed E-state index contributed by atoms with van der Waals surface area (Å²) in [5.41, 5.74) is 6.57. The van der Waals surface area contributed by atoms with E-state index in [0.29, 0.717) is 28.5 Å². The number of anilines is 4. The molecule has 210 valence electrons. The Morgan fingerprint density at radius 1 is 1.00 bits per heavy atom. The van der Waals surface area contributed by atoms with Crippen LogP contribution in [-0.2, 0) is 16.1 Å². The van der Waals surface area contributed by atoms with Crippen LogP contribution in [0.4, 0.5) is 22.9 Å². The van der Waals surface area contributed by atoms with E-state index in [2.05, 4.69) is 38.3 Å². The summed E-state index contributed by atoms with van der Waals surface area (Å²) in [6.45, 7) is 2.27. The minimum Gasteiger partial charge on any atom is -0.381 e. The van der Waals surface area contributed by atoms with Gasteiger partial charge >= 0.3 is 0 Å². The second-order valence-electron chi connectivity index (χ2n) is 11.8. The smallest absolute Gasteiger partial charge is 0.262 e. The lowest BCUT2D eigenvalue weighted by Crippen LogP contribution is -2.28. The molecule has 0 spiro atoms. The van der Waals surface area contributed by atoms with Gasteiger partial charge in [0.25, 0.3) is 5.56 Å². The lowest BCUT2D eigenvalue weighted by atomic mass is 9.97. The minimum atomic E-state index is -0.0572. The average molecular weight is 552 g/mol. The first-order valence-electron chi connectivity index (χ1n) is 14.7. The Bertz CT molecular complexity index is 1740. The predicted octanol–water partition coefficient (Wildman–Crippen LogP) is 4.99. The average Bonchev–Trinajstić information content (AvgIpc) is 3.91. The molecule has 10 heteroatoms. The van der Waals surface area contributed by atoms with Crippen molar-refractivity contribution < 1.29 is 9.53 Å². The first-order chi connectivity index (χ1) is 20.0. The van der Waals surface area contributed by atoms with E-state index >= 15 is 0 Å². The van der Waals surface area contributed by atoms with Crippen molar-refractivity contribution in [3.05, 3.63) is 58.8 Å². The van der Waals surface area contributed by atoms with E-state index < -0.39 is 0 Å². The molecule has 4 aliphatic rings. The van der Waals surface area contributed by atoms with Gasteiger partial charge in [-0.05, 0) is 50.7 Å². The van der Waals surface area contributed by atoms with Crippen molar-refractivity contribution in [3.8, 4) is 11.1 Å². The van der Waals surface area contributed by atoms with Crippen LogP contribution in [0, 0.1) is 5.92 Å². The van der Waals surface area contributed by atoms with Gasteiger partial charge in [-0.25, -0.2) is 4.98 Å². The summed E-state index contributed by atoms with van der Waals surface area (Å²) in [6.07, 6.45) is 9.61. The van der Waals surface area contributed by atoms with Gasteiger partial charge in [0.15, 0.2) is 0 Å². The molecule has 0 radical (unpaired) electrons. The highest BCUT2D eigenvalue weighted by Crippen LogP contribution is 2.45. The number of ether oxygens (including phenoxy) is 1. The molecule has 3 fully saturated rings. The third-order valence-electron chi connectivity index (χ3n) is 8.83. The molecular formula is C31H33N7O3. The zero-order valence-electron chi connectivity index (χ0n) is 23.1. The van der Waals surface area contributed by atoms with Gasteiger partial charge in [-0.15, -0.1) is 0 Å². The quantitative estimate of drug-likeness (QED) is 0.348. The molecule has 41 heavy (non-hydrogen) atoms. The Kier molecular flexibility index (Phi) is 5.67. The van der Waals surface area contributed by atoms with E-state index in [0.717, 1.165) is 80.8 Å². The molecule has 8 rings (SSSR count). The Labute approximate surface area is 237 Å². The van der Waals surface area contributed by atoms with Crippen LogP contribution in [0.5, 0.6) is 0 Å². The Morgan fingerprint density at radius 2 is 1.83 bits per heavy atom. The summed E-state index contributed by atoms with van der Waals surface area (Å²) in [4.78, 5) is 33.2. The van der Waals surface area contributed by atoms with Crippen molar-refractivity contribution in [1.82, 2.24) is 19.3 Å². The number of pyridine rings is 2. The number of nitrogens with zero attached hydrogens (tertiary/aromatic N) is 5. The Hall–Kier alpha value is -4.18. The van der Waals surface area contributed by atoms with Crippen LogP contribution in [-0.4, -0.2) is 45.5 Å². The molecule has 0 atom stereocenters. The number of para-hydroxylation sites is 1. The van der Waals surface area contributed by atoms with Crippen LogP contribution in [0.2, 0.25) is 0 Å². The van der Waals surface area contributed by atoms with Gasteiger partial charge in [-0.3, -0.25) is 14.3 Å². The molecule has 1 saturated heterocycles. The first-order valence-corrected chi connectivity index (χ1v) is 14.7. The zero-order chi connectivity index (χ0) is 27.7. The summed E-state index contributed by atoms with van der Waals surface area (Å²) in [6, 6.07) is 10.5. The second-order valence-corrected chi connectivity index (χ2v) is 11.8. The van der Waals surface area contributed by atoms with Gasteiger partial charge < -0.3 is 24.8 Å². The number of carbonyl (C=O) groups is 1. The number of fused-ring (bicyclic) bond motifs is 4. The monoisotopic (exact) mass is 551 g/mol. The van der Waals surface area contributed by atoms with Crippen molar-refractivity contribution >= 4 is 39.7 Å². The molecule has 10 nitrogen and oxygen atoms in total. The predicted molar refractivity (Wildman–Crippen MR) is 158 cm³/mol. The van der Waals surface area contributed by atoms with Crippen LogP contribution < -0.4 is 21.1 Å². The van der Waals surface area contributed by atoms with Crippen LogP contribution in [0.25, 0.3) is 22.0 Å². The maximum absolute atomic E-state index is 13.7. The molecule has 2 aliphatic carbocycles. The van der Waals surface area contributed by atoms with Crippen LogP contribution in [0.15, 0.2) is 47.5 Å². The summed E-state index contributed by atoms with van der Waals surface area (Å²) in [5.74, 6) is 0.497. The van der Waals surface area contributed by atoms with Gasteiger partial charge in [0.2, 0.25) is 5.91 Å². The van der Waals surface area contributed by atoms with Crippen LogP contribution >= 0.6 is 0 Å². The van der Waals surface area contributed by atoms with Gasteiger partial charge in [-0.2, -0.15) is 5.10 Å². The van der Waals surface area contributed by atoms with Crippen LogP contribution in [0.3, 0.4) is 0 Å². The fourth-order valence-corrected chi connectivity index (χ4v) is 6.37. The highest BCUT2D eigenvalue weighted by molar-refractivity contribution is 6.00. The summed E-state index contributed by atoms with van der Waals surface area (Å²) in [7, 11) is 2.10. The summed E-state index contributed by atoms with van der Waals surface area (Å²) < 4.78 is 9.61. The summed E-state index contributed by atoms with van der Waals surface area (Å²) >= 11 is 0. The zero-order valence-corrected chi connectivity index (χ0v) is 23.1. The van der Waals surface area contributed by atoms with Crippen molar-refractivity contribution in [1.29, 1.82) is 0 Å². The third kappa shape index (κ3) is 4.28. The van der Waals surface area contributed by atoms with E-state index in [4.69, 9.17) is 9.84 Å². The van der Waals surface area contributed by atoms with E-state index in [9.17, 15) is 9.59 Å². The number of benzene rings is 1. The number of carbonyl (C=O) groups excluding carboxylic acids is 1. The van der Waals surface area contributed by atoms with Crippen LogP contribution in [0.1, 0.15) is 56.3 Å². The van der Waals surface area contributed by atoms with E-state index in [1.807, 2.05) is 35.2 Å². The standard InChI is InChI=1S/C31H33N7O3/c1-36-17-26-22(16-32-38(26)20-10-13-41-14-11-20)21-3-2-4-24(29(21)36)33-25-15-27(35-30(39)18-5-6-18)34-23-9-12-37(19-7-8-19)31(40)28(23)25/h2-4,9,12,15-16,18-20H,5-8,10-11,13-14,17H2,1H3,(H2,33,34,35,39). The minimum absolute atomic E-state index is 0.0139. The molecule has 1 aromatic carbocycles. The lowest BCUT2D eigenvalue weighted by molar-refractivity contribution is -0.117. The van der Waals surface area contributed by atoms with Crippen molar-refractivity contribution in [2.24, 2.45) is 5.92 Å². The first kappa shape index (κ1) is 24.6. The van der Waals surface area contributed by atoms with Gasteiger partial charge in [0.05, 0.1) is 52.4 Å². The maximum atomic E-state index is 13.7. The fourth-order valence-electron chi connectivity index (χ4n) is 6.37. The number of amides is 1. The highest BCUT2D eigenvalue weighted by atomic mass is 16.5. The van der Waals surface area contributed by atoms with E-state index in [1.165, 1.54) is 5.69 Å². The van der Waals surface area contributed by atoms with Crippen molar-refractivity contribution in [2.45, 2.75) is 57.2 Å². The van der Waals surface area contributed by atoms with Gasteiger partial charge in [0, 0.05) is 55.6 Å².